The molecule has 0 aliphatic carbocycles. The van der Waals surface area contributed by atoms with Crippen molar-refractivity contribution in [2.45, 2.75) is 12.8 Å². The number of aryl methyl sites for hydroxylation is 2. The zero-order chi connectivity index (χ0) is 18.0. The highest BCUT2D eigenvalue weighted by Crippen LogP contribution is 2.30. The summed E-state index contributed by atoms with van der Waals surface area (Å²) in [6.45, 7) is 3.13. The van der Waals surface area contributed by atoms with Crippen molar-refractivity contribution in [2.24, 2.45) is 13.0 Å². The van der Waals surface area contributed by atoms with Crippen LogP contribution in [0.25, 0.3) is 0 Å². The number of anilines is 1. The molecule has 1 aromatic carbocycles. The Balaban J connectivity index is 0.00000243. The van der Waals surface area contributed by atoms with Crippen LogP contribution in [-0.2, 0) is 16.6 Å². The third-order valence-corrected chi connectivity index (χ3v) is 4.62. The van der Waals surface area contributed by atoms with Gasteiger partial charge in [-0.25, -0.2) is 4.79 Å². The summed E-state index contributed by atoms with van der Waals surface area (Å²) in [6.07, 6.45) is 3.73. The first-order valence-electron chi connectivity index (χ1n) is 8.19. The number of esters is 1. The van der Waals surface area contributed by atoms with Gasteiger partial charge in [0.05, 0.1) is 30.5 Å². The van der Waals surface area contributed by atoms with Crippen LogP contribution in [-0.4, -0.2) is 41.9 Å². The highest BCUT2D eigenvalue weighted by molar-refractivity contribution is 6.03. The molecule has 0 spiro atoms. The molecule has 1 fully saturated rings. The Morgan fingerprint density at radius 1 is 1.35 bits per heavy atom. The van der Waals surface area contributed by atoms with Crippen LogP contribution in [0, 0.1) is 12.8 Å². The van der Waals surface area contributed by atoms with Gasteiger partial charge in [-0.05, 0) is 24.1 Å². The van der Waals surface area contributed by atoms with Gasteiger partial charge in [-0.2, -0.15) is 5.10 Å². The molecule has 1 aliphatic rings. The van der Waals surface area contributed by atoms with Gasteiger partial charge in [0.15, 0.2) is 0 Å². The fourth-order valence-corrected chi connectivity index (χ4v) is 3.31. The maximum atomic E-state index is 12.8. The molecule has 0 radical (unpaired) electrons. The van der Waals surface area contributed by atoms with Crippen LogP contribution in [0.4, 0.5) is 5.69 Å². The van der Waals surface area contributed by atoms with Crippen LogP contribution in [0.5, 0.6) is 0 Å². The number of halogens is 1. The predicted molar refractivity (Wildman–Crippen MR) is 101 cm³/mol. The summed E-state index contributed by atoms with van der Waals surface area (Å²) in [6, 6.07) is 5.35. The second-order valence-corrected chi connectivity index (χ2v) is 6.30. The Hall–Kier alpha value is -2.38. The number of rotatable bonds is 4. The molecule has 0 unspecified atom stereocenters. The van der Waals surface area contributed by atoms with Crippen LogP contribution in [0.2, 0.25) is 0 Å². The third kappa shape index (κ3) is 3.89. The third-order valence-electron chi connectivity index (χ3n) is 4.62. The lowest BCUT2D eigenvalue weighted by atomic mass is 9.90. The summed E-state index contributed by atoms with van der Waals surface area (Å²) >= 11 is 0. The average molecular weight is 379 g/mol. The van der Waals surface area contributed by atoms with Crippen molar-refractivity contribution in [3.05, 3.63) is 47.3 Å². The quantitative estimate of drug-likeness (QED) is 0.793. The highest BCUT2D eigenvalue weighted by atomic mass is 35.5. The smallest absolute Gasteiger partial charge is 0.340 e. The van der Waals surface area contributed by atoms with E-state index in [2.05, 4.69) is 15.7 Å². The lowest BCUT2D eigenvalue weighted by molar-refractivity contribution is -0.119. The van der Waals surface area contributed by atoms with Crippen LogP contribution in [0.3, 0.4) is 0 Å². The van der Waals surface area contributed by atoms with Crippen LogP contribution in [0.1, 0.15) is 27.4 Å². The van der Waals surface area contributed by atoms with E-state index in [1.165, 1.54) is 7.11 Å². The largest absolute Gasteiger partial charge is 0.465 e. The number of nitrogens with zero attached hydrogens (tertiary/aromatic N) is 2. The second-order valence-electron chi connectivity index (χ2n) is 6.30. The van der Waals surface area contributed by atoms with Gasteiger partial charge in [-0.1, -0.05) is 12.1 Å². The Bertz CT molecular complexity index is 805. The Labute approximate surface area is 158 Å². The number of carbonyl (C=O) groups is 2. The molecule has 3 rings (SSSR count). The number of benzene rings is 1. The lowest BCUT2D eigenvalue weighted by Gasteiger charge is -2.18. The van der Waals surface area contributed by atoms with Gasteiger partial charge in [0.25, 0.3) is 0 Å². The molecule has 2 heterocycles. The molecule has 7 nitrogen and oxygen atoms in total. The SMILES string of the molecule is COC(=O)c1c(C)cccc1NC(=O)[C@H]1CNC[C@@H]1c1cnn(C)c1.Cl. The van der Waals surface area contributed by atoms with Crippen molar-refractivity contribution in [3.8, 4) is 0 Å². The Morgan fingerprint density at radius 3 is 2.77 bits per heavy atom. The Morgan fingerprint density at radius 2 is 2.12 bits per heavy atom. The zero-order valence-corrected chi connectivity index (χ0v) is 15.8. The molecular formula is C18H23ClN4O3. The van der Waals surface area contributed by atoms with Gasteiger partial charge in [-0.3, -0.25) is 9.48 Å². The monoisotopic (exact) mass is 378 g/mol. The molecule has 1 amide bonds. The first-order chi connectivity index (χ1) is 12.0. The number of carbonyl (C=O) groups excluding carboxylic acids is 2. The van der Waals surface area contributed by atoms with Crippen LogP contribution < -0.4 is 10.6 Å². The topological polar surface area (TPSA) is 85.2 Å². The number of methoxy groups -OCH3 is 1. The van der Waals surface area contributed by atoms with E-state index in [4.69, 9.17) is 4.74 Å². The Kier molecular flexibility index (Phi) is 6.39. The van der Waals surface area contributed by atoms with Crippen LogP contribution in [0.15, 0.2) is 30.6 Å². The molecule has 1 aliphatic heterocycles. The minimum absolute atomic E-state index is 0. The fourth-order valence-electron chi connectivity index (χ4n) is 3.31. The zero-order valence-electron chi connectivity index (χ0n) is 15.0. The summed E-state index contributed by atoms with van der Waals surface area (Å²) in [7, 11) is 3.19. The molecule has 2 N–H and O–H groups in total. The van der Waals surface area contributed by atoms with Gasteiger partial charge in [0.2, 0.25) is 5.91 Å². The van der Waals surface area contributed by atoms with Gasteiger partial charge < -0.3 is 15.4 Å². The average Bonchev–Trinajstić information content (AvgIpc) is 3.23. The van der Waals surface area contributed by atoms with Crippen molar-refractivity contribution in [1.82, 2.24) is 15.1 Å². The molecule has 0 bridgehead atoms. The van der Waals surface area contributed by atoms with Crippen molar-refractivity contribution < 1.29 is 14.3 Å². The summed E-state index contributed by atoms with van der Waals surface area (Å²) in [5.41, 5.74) is 2.67. The van der Waals surface area contributed by atoms with Crippen LogP contribution >= 0.6 is 12.4 Å². The number of nitrogens with one attached hydrogen (secondary N) is 2. The minimum atomic E-state index is -0.457. The number of aromatic nitrogens is 2. The molecule has 2 atom stereocenters. The molecule has 26 heavy (non-hydrogen) atoms. The van der Waals surface area contributed by atoms with E-state index in [-0.39, 0.29) is 30.2 Å². The van der Waals surface area contributed by atoms with Crippen molar-refractivity contribution in [1.29, 1.82) is 0 Å². The van der Waals surface area contributed by atoms with E-state index in [0.29, 0.717) is 17.8 Å². The van der Waals surface area contributed by atoms with E-state index in [9.17, 15) is 9.59 Å². The maximum Gasteiger partial charge on any atom is 0.340 e. The molecule has 2 aromatic rings. The second kappa shape index (κ2) is 8.33. The van der Waals surface area contributed by atoms with Gasteiger partial charge >= 0.3 is 5.97 Å². The molecule has 0 saturated carbocycles. The van der Waals surface area contributed by atoms with Crippen molar-refractivity contribution >= 4 is 30.0 Å². The standard InChI is InChI=1S/C18H22N4O3.ClH/c1-11-5-4-6-15(16(11)18(24)25-3)21-17(23)14-9-19-8-13(14)12-7-20-22(2)10-12;/h4-7,10,13-14,19H,8-9H2,1-3H3,(H,21,23);1H/t13-,14+;/m1./s1. The maximum absolute atomic E-state index is 12.8. The molecule has 1 aromatic heterocycles. The van der Waals surface area contributed by atoms with E-state index in [0.717, 1.165) is 17.7 Å². The van der Waals surface area contributed by atoms with Crippen molar-refractivity contribution in [2.75, 3.05) is 25.5 Å². The number of amides is 1. The summed E-state index contributed by atoms with van der Waals surface area (Å²) in [5.74, 6) is -0.744. The van der Waals surface area contributed by atoms with E-state index in [1.807, 2.05) is 32.3 Å². The van der Waals surface area contributed by atoms with E-state index in [1.54, 1.807) is 16.9 Å². The van der Waals surface area contributed by atoms with Gasteiger partial charge in [0.1, 0.15) is 0 Å². The van der Waals surface area contributed by atoms with Crippen molar-refractivity contribution in [3.63, 3.8) is 0 Å². The molecule has 140 valence electrons. The number of ether oxygens (including phenoxy) is 1. The molecular weight excluding hydrogens is 356 g/mol. The fraction of sp³-hybridized carbons (Fsp3) is 0.389. The molecule has 1 saturated heterocycles. The highest BCUT2D eigenvalue weighted by Gasteiger charge is 2.35. The summed E-state index contributed by atoms with van der Waals surface area (Å²) < 4.78 is 6.58. The van der Waals surface area contributed by atoms with Gasteiger partial charge in [-0.15, -0.1) is 12.4 Å². The van der Waals surface area contributed by atoms with E-state index >= 15 is 0 Å². The van der Waals surface area contributed by atoms with Gasteiger partial charge in [0, 0.05) is 32.3 Å². The minimum Gasteiger partial charge on any atom is -0.465 e. The first-order valence-corrected chi connectivity index (χ1v) is 8.19. The molecule has 8 heteroatoms. The lowest BCUT2D eigenvalue weighted by Crippen LogP contribution is -2.29. The number of hydrogen-bond acceptors (Lipinski definition) is 5. The normalized spacial score (nSPS) is 18.9. The van der Waals surface area contributed by atoms with E-state index < -0.39 is 5.97 Å². The summed E-state index contributed by atoms with van der Waals surface area (Å²) in [4.78, 5) is 24.9. The summed E-state index contributed by atoms with van der Waals surface area (Å²) in [5, 5.41) is 10.4. The first kappa shape index (κ1) is 19.9. The number of hydrogen-bond donors (Lipinski definition) is 2. The predicted octanol–water partition coefficient (Wildman–Crippen LogP) is 1.88.